The van der Waals surface area contributed by atoms with E-state index in [1.807, 2.05) is 42.7 Å². The van der Waals surface area contributed by atoms with Crippen molar-refractivity contribution in [1.29, 1.82) is 0 Å². The summed E-state index contributed by atoms with van der Waals surface area (Å²) in [5.74, 6) is 0. The molecular formula is C20H14N4. The zero-order valence-electron chi connectivity index (χ0n) is 12.9. The van der Waals surface area contributed by atoms with Crippen LogP contribution in [0.5, 0.6) is 0 Å². The zero-order valence-corrected chi connectivity index (χ0v) is 12.9. The van der Waals surface area contributed by atoms with E-state index in [2.05, 4.69) is 44.2 Å². The van der Waals surface area contributed by atoms with Gasteiger partial charge in [-0.2, -0.15) is 0 Å². The molecule has 4 aliphatic rings. The summed E-state index contributed by atoms with van der Waals surface area (Å²) in [6.07, 6.45) is 19.0. The third-order valence-electron chi connectivity index (χ3n) is 4.13. The Balaban J connectivity index is 1.66. The first kappa shape index (κ1) is 13.2. The van der Waals surface area contributed by atoms with E-state index in [1.165, 1.54) is 5.57 Å². The molecule has 8 bridgehead atoms. The number of hydrogen-bond donors (Lipinski definition) is 1. The molecule has 0 atom stereocenters. The lowest BCUT2D eigenvalue weighted by Gasteiger charge is -1.95. The number of hydrogen-bond acceptors (Lipinski definition) is 3. The Morgan fingerprint density at radius 1 is 0.750 bits per heavy atom. The largest absolute Gasteiger partial charge is 0.355 e. The molecule has 0 fully saturated rings. The second-order valence-electron chi connectivity index (χ2n) is 6.04. The topological polar surface area (TPSA) is 52.9 Å². The van der Waals surface area contributed by atoms with Crippen molar-refractivity contribution in [2.75, 3.05) is 0 Å². The molecule has 4 nitrogen and oxygen atoms in total. The maximum Gasteiger partial charge on any atom is 0.0659 e. The summed E-state index contributed by atoms with van der Waals surface area (Å²) in [5, 5.41) is 2.08. The van der Waals surface area contributed by atoms with Gasteiger partial charge in [0.25, 0.3) is 0 Å². The number of aromatic nitrogens is 1. The Morgan fingerprint density at radius 3 is 2.29 bits per heavy atom. The molecule has 4 aliphatic heterocycles. The van der Waals surface area contributed by atoms with Crippen LogP contribution in [0.15, 0.2) is 86.7 Å². The van der Waals surface area contributed by atoms with E-state index in [9.17, 15) is 0 Å². The van der Waals surface area contributed by atoms with Gasteiger partial charge in [-0.3, -0.25) is 4.99 Å². The van der Waals surface area contributed by atoms with Gasteiger partial charge in [-0.1, -0.05) is 0 Å². The normalized spacial score (nSPS) is 20.5. The van der Waals surface area contributed by atoms with E-state index in [0.29, 0.717) is 0 Å². The molecule has 1 aromatic rings. The third-order valence-corrected chi connectivity index (χ3v) is 4.13. The first-order chi connectivity index (χ1) is 11.8. The van der Waals surface area contributed by atoms with Crippen molar-refractivity contribution in [3.05, 3.63) is 82.5 Å². The van der Waals surface area contributed by atoms with Gasteiger partial charge in [0.15, 0.2) is 0 Å². The number of nitrogens with one attached hydrogen (secondary N) is 1. The minimum absolute atomic E-state index is 0.829. The number of allylic oxidation sites excluding steroid dienone is 7. The predicted octanol–water partition coefficient (Wildman–Crippen LogP) is 2.11. The molecule has 1 N–H and O–H groups in total. The van der Waals surface area contributed by atoms with Crippen molar-refractivity contribution in [3.63, 3.8) is 0 Å². The SMILES string of the molecule is C1=CC2=NC1=CC1=CN=C(C=c3ccc([nH]3)=CC3=NC(=C2)C=C3)C1. The maximum absolute atomic E-state index is 4.63. The second kappa shape index (κ2) is 5.13. The number of aliphatic imine (C=N–C) groups is 3. The number of nitrogens with zero attached hydrogens (tertiary/aromatic N) is 3. The lowest BCUT2D eigenvalue weighted by molar-refractivity contribution is 1.27. The van der Waals surface area contributed by atoms with E-state index in [0.717, 1.165) is 45.6 Å². The quantitative estimate of drug-likeness (QED) is 0.763. The molecule has 0 saturated carbocycles. The molecule has 114 valence electrons. The van der Waals surface area contributed by atoms with Crippen LogP contribution in [-0.2, 0) is 0 Å². The molecule has 0 spiro atoms. The van der Waals surface area contributed by atoms with Gasteiger partial charge < -0.3 is 4.98 Å². The molecule has 0 saturated heterocycles. The fourth-order valence-electron chi connectivity index (χ4n) is 3.03. The van der Waals surface area contributed by atoms with Crippen molar-refractivity contribution in [2.24, 2.45) is 15.0 Å². The smallest absolute Gasteiger partial charge is 0.0659 e. The van der Waals surface area contributed by atoms with Gasteiger partial charge in [0.2, 0.25) is 0 Å². The van der Waals surface area contributed by atoms with Crippen LogP contribution in [-0.4, -0.2) is 22.1 Å². The van der Waals surface area contributed by atoms with Gasteiger partial charge in [-0.15, -0.1) is 0 Å². The Bertz CT molecular complexity index is 1110. The van der Waals surface area contributed by atoms with Crippen LogP contribution >= 0.6 is 0 Å². The first-order valence-electron chi connectivity index (χ1n) is 7.91. The zero-order chi connectivity index (χ0) is 15.9. The van der Waals surface area contributed by atoms with Crippen molar-refractivity contribution >= 4 is 29.3 Å². The lowest BCUT2D eigenvalue weighted by Crippen LogP contribution is -2.12. The lowest BCUT2D eigenvalue weighted by atomic mass is 10.1. The third kappa shape index (κ3) is 2.48. The minimum Gasteiger partial charge on any atom is -0.355 e. The molecule has 5 heterocycles. The van der Waals surface area contributed by atoms with E-state index in [1.54, 1.807) is 0 Å². The van der Waals surface area contributed by atoms with Crippen molar-refractivity contribution in [1.82, 2.24) is 4.98 Å². The molecule has 24 heavy (non-hydrogen) atoms. The Hall–Kier alpha value is -3.27. The van der Waals surface area contributed by atoms with E-state index < -0.39 is 0 Å². The van der Waals surface area contributed by atoms with Crippen LogP contribution < -0.4 is 10.7 Å². The van der Waals surface area contributed by atoms with Crippen LogP contribution in [0.3, 0.4) is 0 Å². The molecular weight excluding hydrogens is 296 g/mol. The van der Waals surface area contributed by atoms with Gasteiger partial charge in [-0.25, -0.2) is 9.98 Å². The molecule has 5 rings (SSSR count). The summed E-state index contributed by atoms with van der Waals surface area (Å²) in [6, 6.07) is 4.12. The maximum atomic E-state index is 4.63. The molecule has 1 aromatic heterocycles. The summed E-state index contributed by atoms with van der Waals surface area (Å²) in [7, 11) is 0. The highest BCUT2D eigenvalue weighted by Gasteiger charge is 2.10. The second-order valence-corrected chi connectivity index (χ2v) is 6.04. The van der Waals surface area contributed by atoms with Crippen molar-refractivity contribution in [3.8, 4) is 0 Å². The molecule has 0 radical (unpaired) electrons. The van der Waals surface area contributed by atoms with Crippen LogP contribution in [0.4, 0.5) is 0 Å². The predicted molar refractivity (Wildman–Crippen MR) is 98.4 cm³/mol. The van der Waals surface area contributed by atoms with E-state index >= 15 is 0 Å². The van der Waals surface area contributed by atoms with Gasteiger partial charge in [-0.05, 0) is 66.3 Å². The average molecular weight is 310 g/mol. The van der Waals surface area contributed by atoms with E-state index in [-0.39, 0.29) is 0 Å². The number of aromatic amines is 1. The molecule has 0 unspecified atom stereocenters. The minimum atomic E-state index is 0.829. The number of rotatable bonds is 0. The highest BCUT2D eigenvalue weighted by molar-refractivity contribution is 6.20. The van der Waals surface area contributed by atoms with E-state index in [4.69, 9.17) is 0 Å². The molecule has 0 aromatic carbocycles. The van der Waals surface area contributed by atoms with Crippen LogP contribution in [0.1, 0.15) is 6.42 Å². The Labute approximate surface area is 138 Å². The summed E-state index contributed by atoms with van der Waals surface area (Å²) < 4.78 is 0. The van der Waals surface area contributed by atoms with Crippen molar-refractivity contribution in [2.45, 2.75) is 6.42 Å². The average Bonchev–Trinajstić information content (AvgIpc) is 3.32. The van der Waals surface area contributed by atoms with Crippen molar-refractivity contribution < 1.29 is 0 Å². The highest BCUT2D eigenvalue weighted by Crippen LogP contribution is 2.20. The number of H-pyrrole nitrogens is 1. The summed E-state index contributed by atoms with van der Waals surface area (Å²) in [5.41, 5.74) is 5.95. The Kier molecular flexibility index (Phi) is 2.82. The molecule has 0 amide bonds. The number of fused-ring (bicyclic) bond motifs is 6. The fraction of sp³-hybridized carbons (Fsp3) is 0.0500. The summed E-state index contributed by atoms with van der Waals surface area (Å²) >= 11 is 0. The highest BCUT2D eigenvalue weighted by atomic mass is 14.8. The van der Waals surface area contributed by atoms with Crippen LogP contribution in [0, 0.1) is 0 Å². The fourth-order valence-corrected chi connectivity index (χ4v) is 3.03. The van der Waals surface area contributed by atoms with Gasteiger partial charge >= 0.3 is 0 Å². The summed E-state index contributed by atoms with van der Waals surface area (Å²) in [4.78, 5) is 17.1. The summed E-state index contributed by atoms with van der Waals surface area (Å²) in [6.45, 7) is 0. The molecule has 4 heteroatoms. The van der Waals surface area contributed by atoms with Crippen LogP contribution in [0.25, 0.3) is 12.2 Å². The van der Waals surface area contributed by atoms with Gasteiger partial charge in [0.1, 0.15) is 0 Å². The van der Waals surface area contributed by atoms with Gasteiger partial charge in [0, 0.05) is 29.0 Å². The van der Waals surface area contributed by atoms with Crippen LogP contribution in [0.2, 0.25) is 0 Å². The van der Waals surface area contributed by atoms with Gasteiger partial charge in [0.05, 0.1) is 22.8 Å². The first-order valence-corrected chi connectivity index (χ1v) is 7.91. The standard InChI is InChI=1S/C20H14N4/c1-2-15-9-16-3-4-17(23-16)10-18-5-6-19(24-18)11-20-8-13(12-21-20)7-14(1)22-15/h1-7,9-12,24H,8H2. The monoisotopic (exact) mass is 310 g/mol. The molecule has 0 aliphatic carbocycles. The Morgan fingerprint density at radius 2 is 1.46 bits per heavy atom.